The summed E-state index contributed by atoms with van der Waals surface area (Å²) in [6.45, 7) is 5.55. The maximum Gasteiger partial charge on any atom is 0.293 e. The number of pyridine rings is 1. The zero-order valence-corrected chi connectivity index (χ0v) is 10.5. The summed E-state index contributed by atoms with van der Waals surface area (Å²) >= 11 is 3.26. The van der Waals surface area contributed by atoms with Crippen LogP contribution < -0.4 is 5.48 Å². The Morgan fingerprint density at radius 3 is 2.73 bits per heavy atom. The van der Waals surface area contributed by atoms with Crippen molar-refractivity contribution in [2.75, 3.05) is 0 Å². The molecule has 82 valence electrons. The van der Waals surface area contributed by atoms with Gasteiger partial charge in [-0.2, -0.15) is 0 Å². The normalized spacial score (nSPS) is 11.2. The first-order chi connectivity index (χ1) is 6.88. The number of nitrogens with one attached hydrogen (secondary N) is 1. The zero-order chi connectivity index (χ0) is 11.5. The minimum absolute atomic E-state index is 0.314. The van der Waals surface area contributed by atoms with Crippen molar-refractivity contribution in [1.29, 1.82) is 0 Å². The number of hydrogen-bond acceptors (Lipinski definition) is 3. The van der Waals surface area contributed by atoms with E-state index in [4.69, 9.17) is 4.84 Å². The van der Waals surface area contributed by atoms with Crippen LogP contribution in [0.3, 0.4) is 0 Å². The molecule has 1 aromatic heterocycles. The maximum atomic E-state index is 11.5. The smallest absolute Gasteiger partial charge is 0.268 e. The molecule has 4 nitrogen and oxygen atoms in total. The van der Waals surface area contributed by atoms with Crippen molar-refractivity contribution in [2.24, 2.45) is 0 Å². The van der Waals surface area contributed by atoms with Gasteiger partial charge in [-0.1, -0.05) is 15.9 Å². The van der Waals surface area contributed by atoms with Crippen LogP contribution in [0.25, 0.3) is 0 Å². The van der Waals surface area contributed by atoms with Crippen LogP contribution in [0.4, 0.5) is 0 Å². The first-order valence-corrected chi connectivity index (χ1v) is 5.28. The summed E-state index contributed by atoms with van der Waals surface area (Å²) < 4.78 is 0.804. The molecule has 1 aromatic rings. The topological polar surface area (TPSA) is 51.2 Å². The number of halogens is 1. The molecular formula is C10H13BrN2O2. The minimum Gasteiger partial charge on any atom is -0.268 e. The van der Waals surface area contributed by atoms with Crippen molar-refractivity contribution >= 4 is 21.8 Å². The van der Waals surface area contributed by atoms with Gasteiger partial charge < -0.3 is 0 Å². The molecule has 1 N–H and O–H groups in total. The van der Waals surface area contributed by atoms with Crippen LogP contribution in [0.15, 0.2) is 22.8 Å². The molecule has 0 unspecified atom stereocenters. The van der Waals surface area contributed by atoms with Crippen molar-refractivity contribution in [3.63, 3.8) is 0 Å². The summed E-state index contributed by atoms with van der Waals surface area (Å²) in [5.41, 5.74) is 2.24. The third-order valence-electron chi connectivity index (χ3n) is 1.40. The first kappa shape index (κ1) is 12.1. The second-order valence-corrected chi connectivity index (χ2v) is 4.92. The van der Waals surface area contributed by atoms with E-state index < -0.39 is 5.60 Å². The van der Waals surface area contributed by atoms with Gasteiger partial charge in [-0.3, -0.25) is 14.6 Å². The van der Waals surface area contributed by atoms with Crippen LogP contribution in [0.5, 0.6) is 0 Å². The fourth-order valence-electron chi connectivity index (χ4n) is 0.781. The van der Waals surface area contributed by atoms with Crippen LogP contribution in [-0.4, -0.2) is 16.5 Å². The summed E-state index contributed by atoms with van der Waals surface area (Å²) in [7, 11) is 0. The third-order valence-corrected chi connectivity index (χ3v) is 1.90. The van der Waals surface area contributed by atoms with Gasteiger partial charge in [0.25, 0.3) is 5.91 Å². The Morgan fingerprint density at radius 2 is 2.20 bits per heavy atom. The Hall–Kier alpha value is -0.940. The van der Waals surface area contributed by atoms with Crippen LogP contribution in [0.1, 0.15) is 31.3 Å². The summed E-state index contributed by atoms with van der Waals surface area (Å²) in [4.78, 5) is 20.6. The van der Waals surface area contributed by atoms with Crippen LogP contribution in [0.2, 0.25) is 0 Å². The summed E-state index contributed by atoms with van der Waals surface area (Å²) in [5, 5.41) is 0. The Kier molecular flexibility index (Phi) is 3.82. The summed E-state index contributed by atoms with van der Waals surface area (Å²) in [6, 6.07) is 3.38. The molecule has 0 radical (unpaired) electrons. The molecule has 0 saturated heterocycles. The van der Waals surface area contributed by atoms with E-state index >= 15 is 0 Å². The highest BCUT2D eigenvalue weighted by atomic mass is 79.9. The number of aromatic nitrogens is 1. The lowest BCUT2D eigenvalue weighted by Crippen LogP contribution is -2.33. The zero-order valence-electron chi connectivity index (χ0n) is 8.87. The van der Waals surface area contributed by atoms with Crippen LogP contribution in [0, 0.1) is 0 Å². The van der Waals surface area contributed by atoms with Crippen molar-refractivity contribution in [3.05, 3.63) is 28.5 Å². The lowest BCUT2D eigenvalue weighted by Gasteiger charge is -2.18. The van der Waals surface area contributed by atoms with Gasteiger partial charge in [-0.25, -0.2) is 5.48 Å². The molecule has 5 heteroatoms. The van der Waals surface area contributed by atoms with Gasteiger partial charge >= 0.3 is 0 Å². The first-order valence-electron chi connectivity index (χ1n) is 4.48. The average Bonchev–Trinajstić information content (AvgIpc) is 2.13. The van der Waals surface area contributed by atoms with Crippen molar-refractivity contribution in [2.45, 2.75) is 26.4 Å². The molecule has 0 spiro atoms. The molecule has 0 saturated carbocycles. The highest BCUT2D eigenvalue weighted by Gasteiger charge is 2.14. The molecule has 1 heterocycles. The molecule has 0 atom stereocenters. The van der Waals surface area contributed by atoms with Crippen LogP contribution in [-0.2, 0) is 4.84 Å². The highest BCUT2D eigenvalue weighted by molar-refractivity contribution is 9.10. The van der Waals surface area contributed by atoms with E-state index in [1.54, 1.807) is 18.3 Å². The second kappa shape index (κ2) is 4.72. The molecule has 0 aliphatic heterocycles. The van der Waals surface area contributed by atoms with E-state index in [1.807, 2.05) is 20.8 Å². The van der Waals surface area contributed by atoms with E-state index in [0.717, 1.165) is 4.47 Å². The number of carbonyl (C=O) groups is 1. The number of hydrogen-bond donors (Lipinski definition) is 1. The molecule has 0 aromatic carbocycles. The van der Waals surface area contributed by atoms with Gasteiger partial charge in [-0.05, 0) is 32.9 Å². The Labute approximate surface area is 97.1 Å². The second-order valence-electron chi connectivity index (χ2n) is 4.00. The lowest BCUT2D eigenvalue weighted by molar-refractivity contribution is -0.0591. The fraction of sp³-hybridized carbons (Fsp3) is 0.400. The average molecular weight is 273 g/mol. The van der Waals surface area contributed by atoms with Gasteiger partial charge in [0.1, 0.15) is 5.69 Å². The van der Waals surface area contributed by atoms with E-state index in [1.165, 1.54) is 0 Å². The van der Waals surface area contributed by atoms with E-state index in [-0.39, 0.29) is 5.91 Å². The van der Waals surface area contributed by atoms with Gasteiger partial charge in [0.2, 0.25) is 0 Å². The summed E-state index contributed by atoms with van der Waals surface area (Å²) in [5.74, 6) is -0.355. The van der Waals surface area contributed by atoms with Gasteiger partial charge in [0, 0.05) is 10.7 Å². The number of nitrogens with zero attached hydrogens (tertiary/aromatic N) is 1. The van der Waals surface area contributed by atoms with Gasteiger partial charge in [0.05, 0.1) is 5.60 Å². The van der Waals surface area contributed by atoms with E-state index in [0.29, 0.717) is 5.69 Å². The Balaban J connectivity index is 2.62. The van der Waals surface area contributed by atoms with Crippen LogP contribution >= 0.6 is 15.9 Å². The quantitative estimate of drug-likeness (QED) is 0.841. The molecule has 0 fully saturated rings. The monoisotopic (exact) mass is 272 g/mol. The standard InChI is InChI=1S/C10H13BrN2O2/c1-10(2,3)15-13-9(14)8-6-7(11)4-5-12-8/h4-6H,1-3H3,(H,13,14). The van der Waals surface area contributed by atoms with Crippen molar-refractivity contribution in [1.82, 2.24) is 10.5 Å². The Morgan fingerprint density at radius 1 is 1.53 bits per heavy atom. The molecule has 0 aliphatic rings. The molecule has 15 heavy (non-hydrogen) atoms. The fourth-order valence-corrected chi connectivity index (χ4v) is 1.12. The number of amides is 1. The predicted octanol–water partition coefficient (Wildman–Crippen LogP) is 2.30. The van der Waals surface area contributed by atoms with Crippen molar-refractivity contribution in [3.8, 4) is 0 Å². The van der Waals surface area contributed by atoms with Gasteiger partial charge in [0.15, 0.2) is 0 Å². The van der Waals surface area contributed by atoms with E-state index in [2.05, 4.69) is 26.4 Å². The van der Waals surface area contributed by atoms with Crippen molar-refractivity contribution < 1.29 is 9.63 Å². The molecule has 0 bridgehead atoms. The minimum atomic E-state index is -0.415. The van der Waals surface area contributed by atoms with E-state index in [9.17, 15) is 4.79 Å². The lowest BCUT2D eigenvalue weighted by atomic mass is 10.2. The number of rotatable bonds is 2. The molecule has 1 rings (SSSR count). The third kappa shape index (κ3) is 4.40. The highest BCUT2D eigenvalue weighted by Crippen LogP contribution is 2.10. The number of hydroxylamine groups is 1. The Bertz CT molecular complexity index is 361. The molecular weight excluding hydrogens is 260 g/mol. The van der Waals surface area contributed by atoms with Gasteiger partial charge in [-0.15, -0.1) is 0 Å². The molecule has 1 amide bonds. The largest absolute Gasteiger partial charge is 0.293 e. The SMILES string of the molecule is CC(C)(C)ONC(=O)c1cc(Br)ccn1. The molecule has 0 aliphatic carbocycles. The number of carbonyl (C=O) groups excluding carboxylic acids is 1. The maximum absolute atomic E-state index is 11.5. The predicted molar refractivity (Wildman–Crippen MR) is 60.2 cm³/mol. The summed E-state index contributed by atoms with van der Waals surface area (Å²) in [6.07, 6.45) is 1.55.